The van der Waals surface area contributed by atoms with Crippen LogP contribution in [0.4, 0.5) is 4.39 Å². The molecule has 1 aromatic rings. The van der Waals surface area contributed by atoms with Crippen LogP contribution < -0.4 is 5.32 Å². The van der Waals surface area contributed by atoms with Gasteiger partial charge in [0.1, 0.15) is 5.82 Å². The van der Waals surface area contributed by atoms with Gasteiger partial charge in [-0.3, -0.25) is 4.79 Å². The van der Waals surface area contributed by atoms with Crippen LogP contribution >= 0.6 is 11.8 Å². The minimum absolute atomic E-state index is 0.0782. The van der Waals surface area contributed by atoms with Crippen molar-refractivity contribution in [3.8, 4) is 0 Å². The lowest BCUT2D eigenvalue weighted by Crippen LogP contribution is -2.19. The molecule has 0 aromatic heterocycles. The maximum Gasteiger partial charge on any atom is 0.236 e. The van der Waals surface area contributed by atoms with E-state index in [1.807, 2.05) is 0 Å². The van der Waals surface area contributed by atoms with Crippen molar-refractivity contribution in [3.05, 3.63) is 35.1 Å². The van der Waals surface area contributed by atoms with E-state index in [-0.39, 0.29) is 11.7 Å². The van der Waals surface area contributed by atoms with Crippen molar-refractivity contribution in [2.75, 3.05) is 5.75 Å². The fourth-order valence-corrected chi connectivity index (χ4v) is 2.00. The Bertz CT molecular complexity index is 493. The minimum Gasteiger partial charge on any atom is -0.303 e. The predicted octanol–water partition coefficient (Wildman–Crippen LogP) is 1.69. The molecule has 1 saturated heterocycles. The van der Waals surface area contributed by atoms with E-state index in [0.29, 0.717) is 16.5 Å². The Balaban J connectivity index is 2.07. The number of aryl methyl sites for hydroxylation is 1. The fourth-order valence-electron chi connectivity index (χ4n) is 1.37. The normalized spacial score (nSPS) is 18.0. The van der Waals surface area contributed by atoms with Gasteiger partial charge >= 0.3 is 0 Å². The van der Waals surface area contributed by atoms with Crippen LogP contribution in [-0.4, -0.2) is 23.0 Å². The van der Waals surface area contributed by atoms with E-state index in [2.05, 4.69) is 15.5 Å². The minimum atomic E-state index is -0.303. The second-order valence-electron chi connectivity index (χ2n) is 3.55. The van der Waals surface area contributed by atoms with E-state index in [4.69, 9.17) is 0 Å². The maximum atomic E-state index is 13.0. The van der Waals surface area contributed by atoms with Gasteiger partial charge in [-0.15, -0.1) is 5.10 Å². The fraction of sp³-hybridized carbons (Fsp3) is 0.182. The summed E-state index contributed by atoms with van der Waals surface area (Å²) in [5.41, 5.74) is 1.46. The van der Waals surface area contributed by atoms with Crippen molar-refractivity contribution in [2.24, 2.45) is 10.2 Å². The predicted molar refractivity (Wildman–Crippen MR) is 66.8 cm³/mol. The molecule has 0 unspecified atom stereocenters. The summed E-state index contributed by atoms with van der Waals surface area (Å²) in [7, 11) is 0. The largest absolute Gasteiger partial charge is 0.303 e. The number of rotatable bonds is 2. The molecule has 1 fully saturated rings. The number of amidine groups is 1. The molecule has 1 aromatic carbocycles. The topological polar surface area (TPSA) is 53.8 Å². The SMILES string of the molecule is Cc1cc(F)cc(C=NN=C2NC(=O)CS2)c1. The highest BCUT2D eigenvalue weighted by Gasteiger charge is 2.15. The number of benzene rings is 1. The van der Waals surface area contributed by atoms with Crippen LogP contribution in [0.15, 0.2) is 28.4 Å². The molecule has 0 radical (unpaired) electrons. The molecular formula is C11H10FN3OS. The molecule has 0 spiro atoms. The number of carbonyl (C=O) groups is 1. The van der Waals surface area contributed by atoms with Crippen LogP contribution in [0.3, 0.4) is 0 Å². The number of hydrogen-bond acceptors (Lipinski definition) is 4. The van der Waals surface area contributed by atoms with Crippen molar-refractivity contribution < 1.29 is 9.18 Å². The molecule has 0 atom stereocenters. The summed E-state index contributed by atoms with van der Waals surface area (Å²) in [6.45, 7) is 1.80. The molecule has 0 bridgehead atoms. The van der Waals surface area contributed by atoms with Gasteiger partial charge in [0, 0.05) is 0 Å². The number of carbonyl (C=O) groups excluding carboxylic acids is 1. The molecule has 1 N–H and O–H groups in total. The zero-order valence-corrected chi connectivity index (χ0v) is 9.92. The van der Waals surface area contributed by atoms with Crippen LogP contribution in [0.5, 0.6) is 0 Å². The number of nitrogens with one attached hydrogen (secondary N) is 1. The van der Waals surface area contributed by atoms with E-state index in [0.717, 1.165) is 5.56 Å². The Labute approximate surface area is 102 Å². The molecule has 2 rings (SSSR count). The van der Waals surface area contributed by atoms with Crippen molar-refractivity contribution >= 4 is 29.1 Å². The average Bonchev–Trinajstić information content (AvgIpc) is 2.63. The number of hydrogen-bond donors (Lipinski definition) is 1. The number of thioether (sulfide) groups is 1. The highest BCUT2D eigenvalue weighted by molar-refractivity contribution is 8.15. The first-order valence-electron chi connectivity index (χ1n) is 4.94. The first kappa shape index (κ1) is 11.8. The highest BCUT2D eigenvalue weighted by Crippen LogP contribution is 2.09. The maximum absolute atomic E-state index is 13.0. The summed E-state index contributed by atoms with van der Waals surface area (Å²) in [5, 5.41) is 10.6. The second kappa shape index (κ2) is 5.09. The van der Waals surface area contributed by atoms with E-state index in [1.54, 1.807) is 13.0 Å². The monoisotopic (exact) mass is 251 g/mol. The smallest absolute Gasteiger partial charge is 0.236 e. The standard InChI is InChI=1S/C11H10FN3OS/c1-7-2-8(4-9(12)3-7)5-13-15-11-14-10(16)6-17-11/h2-5H,6H2,1H3,(H,14,15,16). The second-order valence-corrected chi connectivity index (χ2v) is 4.51. The summed E-state index contributed by atoms with van der Waals surface area (Å²) in [6, 6.07) is 4.61. The van der Waals surface area contributed by atoms with Crippen LogP contribution in [0.2, 0.25) is 0 Å². The van der Waals surface area contributed by atoms with Crippen molar-refractivity contribution in [1.82, 2.24) is 5.32 Å². The number of amides is 1. The summed E-state index contributed by atoms with van der Waals surface area (Å²) in [4.78, 5) is 10.9. The third-order valence-electron chi connectivity index (χ3n) is 2.01. The van der Waals surface area contributed by atoms with E-state index < -0.39 is 0 Å². The Morgan fingerprint density at radius 3 is 2.94 bits per heavy atom. The highest BCUT2D eigenvalue weighted by atomic mass is 32.2. The molecule has 4 nitrogen and oxygen atoms in total. The Kier molecular flexibility index (Phi) is 3.53. The van der Waals surface area contributed by atoms with E-state index in [9.17, 15) is 9.18 Å². The third-order valence-corrected chi connectivity index (χ3v) is 2.87. The molecule has 1 amide bonds. The van der Waals surface area contributed by atoms with Gasteiger partial charge in [-0.25, -0.2) is 4.39 Å². The number of halogens is 1. The molecular weight excluding hydrogens is 241 g/mol. The zero-order valence-electron chi connectivity index (χ0n) is 9.11. The quantitative estimate of drug-likeness (QED) is 0.642. The van der Waals surface area contributed by atoms with Crippen LogP contribution in [-0.2, 0) is 4.79 Å². The molecule has 1 aliphatic heterocycles. The Morgan fingerprint density at radius 2 is 2.29 bits per heavy atom. The van der Waals surface area contributed by atoms with E-state index in [1.165, 1.54) is 30.1 Å². The molecule has 1 aliphatic rings. The molecule has 17 heavy (non-hydrogen) atoms. The molecule has 6 heteroatoms. The van der Waals surface area contributed by atoms with Gasteiger partial charge in [0.2, 0.25) is 5.91 Å². The van der Waals surface area contributed by atoms with Crippen LogP contribution in [0.1, 0.15) is 11.1 Å². The molecule has 1 heterocycles. The van der Waals surface area contributed by atoms with Crippen molar-refractivity contribution in [1.29, 1.82) is 0 Å². The van der Waals surface area contributed by atoms with Crippen LogP contribution in [0, 0.1) is 12.7 Å². The van der Waals surface area contributed by atoms with Crippen molar-refractivity contribution in [2.45, 2.75) is 6.92 Å². The summed E-state index contributed by atoms with van der Waals surface area (Å²) in [5.74, 6) is -0.0128. The molecule has 88 valence electrons. The first-order chi connectivity index (χ1) is 8.13. The van der Waals surface area contributed by atoms with Gasteiger partial charge in [-0.2, -0.15) is 5.10 Å². The summed E-state index contributed by atoms with van der Waals surface area (Å²) >= 11 is 1.29. The van der Waals surface area contributed by atoms with Gasteiger partial charge in [0.25, 0.3) is 0 Å². The van der Waals surface area contributed by atoms with Gasteiger partial charge in [0.15, 0.2) is 5.17 Å². The molecule has 0 aliphatic carbocycles. The van der Waals surface area contributed by atoms with Gasteiger partial charge in [0.05, 0.1) is 12.0 Å². The first-order valence-corrected chi connectivity index (χ1v) is 5.93. The van der Waals surface area contributed by atoms with Gasteiger partial charge in [-0.1, -0.05) is 17.8 Å². The molecule has 0 saturated carbocycles. The lowest BCUT2D eigenvalue weighted by Gasteiger charge is -1.96. The van der Waals surface area contributed by atoms with Crippen molar-refractivity contribution in [3.63, 3.8) is 0 Å². The summed E-state index contributed by atoms with van der Waals surface area (Å²) in [6.07, 6.45) is 1.45. The lowest BCUT2D eigenvalue weighted by molar-refractivity contribution is -0.116. The summed E-state index contributed by atoms with van der Waals surface area (Å²) < 4.78 is 13.0. The van der Waals surface area contributed by atoms with Crippen LogP contribution in [0.25, 0.3) is 0 Å². The Hall–Kier alpha value is -1.69. The number of nitrogens with zero attached hydrogens (tertiary/aromatic N) is 2. The lowest BCUT2D eigenvalue weighted by atomic mass is 10.1. The van der Waals surface area contributed by atoms with E-state index >= 15 is 0 Å². The van der Waals surface area contributed by atoms with Gasteiger partial charge < -0.3 is 5.32 Å². The Morgan fingerprint density at radius 1 is 1.47 bits per heavy atom. The zero-order chi connectivity index (χ0) is 12.3. The average molecular weight is 251 g/mol. The van der Waals surface area contributed by atoms with Gasteiger partial charge in [-0.05, 0) is 30.2 Å². The third kappa shape index (κ3) is 3.39.